The number of likely N-dealkylation sites (tertiary alicyclic amines) is 1. The van der Waals surface area contributed by atoms with E-state index in [-0.39, 0.29) is 12.5 Å². The topological polar surface area (TPSA) is 183 Å². The van der Waals surface area contributed by atoms with E-state index >= 15 is 0 Å². The Bertz CT molecular complexity index is 1510. The van der Waals surface area contributed by atoms with E-state index in [0.29, 0.717) is 18.4 Å². The second kappa shape index (κ2) is 16.8. The van der Waals surface area contributed by atoms with Gasteiger partial charge in [-0.1, -0.05) is 49.6 Å². The molecule has 14 nitrogen and oxygen atoms in total. The number of Topliss-reactive ketones (excluding diaryl/α,β-unsaturated/α-hetero) is 1. The number of fused-ring (bicyclic) bond motifs is 1. The molecule has 1 saturated heterocycles. The number of rotatable bonds is 12. The minimum absolute atomic E-state index is 0.139. The summed E-state index contributed by atoms with van der Waals surface area (Å²) in [6.45, 7) is 3.42. The minimum atomic E-state index is -3.05. The van der Waals surface area contributed by atoms with Crippen LogP contribution in [-0.4, -0.2) is 109 Å². The van der Waals surface area contributed by atoms with Crippen molar-refractivity contribution in [3.63, 3.8) is 0 Å². The van der Waals surface area contributed by atoms with Crippen LogP contribution in [-0.2, 0) is 33.5 Å². The molecule has 3 aliphatic rings. The zero-order chi connectivity index (χ0) is 38.4. The molecule has 0 radical (unpaired) electrons. The summed E-state index contributed by atoms with van der Waals surface area (Å²) < 4.78 is 34.6. The normalized spacial score (nSPS) is 22.3. The lowest BCUT2D eigenvalue weighted by Gasteiger charge is -2.36. The first kappa shape index (κ1) is 40.1. The van der Waals surface area contributed by atoms with Gasteiger partial charge >= 0.3 is 6.09 Å². The van der Waals surface area contributed by atoms with E-state index in [1.165, 1.54) is 23.9 Å². The number of alkyl halides is 2. The lowest BCUT2D eigenvalue weighted by atomic mass is 9.83. The first-order chi connectivity index (χ1) is 24.4. The predicted molar refractivity (Wildman–Crippen MR) is 183 cm³/mol. The van der Waals surface area contributed by atoms with Gasteiger partial charge in [-0.05, 0) is 56.9 Å². The fourth-order valence-electron chi connectivity index (χ4n) is 7.34. The van der Waals surface area contributed by atoms with Gasteiger partial charge < -0.3 is 35.8 Å². The Balaban J connectivity index is 1.41. The molecule has 0 bridgehead atoms. The van der Waals surface area contributed by atoms with Crippen LogP contribution in [0.15, 0.2) is 30.3 Å². The molecule has 0 aromatic heterocycles. The van der Waals surface area contributed by atoms with Gasteiger partial charge in [0.2, 0.25) is 35.3 Å². The molecule has 2 aliphatic carbocycles. The van der Waals surface area contributed by atoms with Crippen LogP contribution in [0.4, 0.5) is 13.6 Å². The predicted octanol–water partition coefficient (Wildman–Crippen LogP) is 2.08. The zero-order valence-corrected chi connectivity index (χ0v) is 30.3. The number of ether oxygens (including phenoxy) is 1. The highest BCUT2D eigenvalue weighted by molar-refractivity contribution is 6.37. The molecule has 52 heavy (non-hydrogen) atoms. The molecule has 16 heteroatoms. The number of nitrogens with one attached hydrogen (secondary N) is 4. The molecule has 2 saturated carbocycles. The highest BCUT2D eigenvalue weighted by Crippen LogP contribution is 2.50. The number of halogens is 2. The molecule has 1 aromatic rings. The van der Waals surface area contributed by atoms with Gasteiger partial charge in [0.05, 0.1) is 13.1 Å². The molecule has 3 unspecified atom stereocenters. The van der Waals surface area contributed by atoms with E-state index in [9.17, 15) is 42.3 Å². The third-order valence-electron chi connectivity index (χ3n) is 9.70. The number of carbonyl (C=O) groups is 7. The number of ketones is 1. The Morgan fingerprint density at radius 3 is 2.19 bits per heavy atom. The Hall–Kier alpha value is -4.63. The first-order valence-corrected chi connectivity index (χ1v) is 17.7. The van der Waals surface area contributed by atoms with Crippen molar-refractivity contribution in [3.8, 4) is 0 Å². The molecule has 6 amide bonds. The van der Waals surface area contributed by atoms with Gasteiger partial charge in [0.25, 0.3) is 5.91 Å². The fourth-order valence-corrected chi connectivity index (χ4v) is 7.34. The molecule has 4 rings (SSSR count). The Kier molecular flexibility index (Phi) is 13.0. The van der Waals surface area contributed by atoms with Crippen molar-refractivity contribution in [1.29, 1.82) is 0 Å². The summed E-state index contributed by atoms with van der Waals surface area (Å²) in [5.74, 6) is -9.89. The maximum absolute atomic E-state index is 14.6. The van der Waals surface area contributed by atoms with Crippen molar-refractivity contribution in [2.24, 2.45) is 17.8 Å². The molecule has 1 aliphatic heterocycles. The number of hydrogen-bond donors (Lipinski definition) is 4. The smallest absolute Gasteiger partial charge is 0.408 e. The Morgan fingerprint density at radius 2 is 1.58 bits per heavy atom. The van der Waals surface area contributed by atoms with Crippen LogP contribution in [0.2, 0.25) is 0 Å². The lowest BCUT2D eigenvalue weighted by Crippen LogP contribution is -2.58. The van der Waals surface area contributed by atoms with E-state index in [1.807, 2.05) is 0 Å². The van der Waals surface area contributed by atoms with Crippen molar-refractivity contribution in [2.45, 2.75) is 95.4 Å². The van der Waals surface area contributed by atoms with Gasteiger partial charge in [0.15, 0.2) is 0 Å². The highest BCUT2D eigenvalue weighted by atomic mass is 19.3. The lowest BCUT2D eigenvalue weighted by molar-refractivity contribution is -0.144. The van der Waals surface area contributed by atoms with E-state index < -0.39 is 109 Å². The maximum atomic E-state index is 14.6. The van der Waals surface area contributed by atoms with Crippen LogP contribution < -0.4 is 21.3 Å². The van der Waals surface area contributed by atoms with Crippen molar-refractivity contribution in [2.75, 3.05) is 33.7 Å². The fraction of sp³-hybridized carbons (Fsp3) is 0.639. The number of alkyl carbamates (subject to hydrolysis) is 1. The summed E-state index contributed by atoms with van der Waals surface area (Å²) in [6.07, 6.45) is 1.94. The van der Waals surface area contributed by atoms with Crippen LogP contribution in [0.1, 0.15) is 77.3 Å². The molecule has 3 fully saturated rings. The largest absolute Gasteiger partial charge is 0.444 e. The number of likely N-dealkylation sites (N-methyl/N-ethyl adjacent to an activating group) is 1. The minimum Gasteiger partial charge on any atom is -0.444 e. The molecular weight excluding hydrogens is 682 g/mol. The monoisotopic (exact) mass is 732 g/mol. The molecule has 5 atom stereocenters. The second-order valence-electron chi connectivity index (χ2n) is 15.1. The summed E-state index contributed by atoms with van der Waals surface area (Å²) in [4.78, 5) is 93.9. The number of nitrogens with zero attached hydrogens (tertiary/aromatic N) is 2. The van der Waals surface area contributed by atoms with Gasteiger partial charge in [-0.3, -0.25) is 28.8 Å². The molecular formula is C36H50F2N6O8. The summed E-state index contributed by atoms with van der Waals surface area (Å²) in [6, 6.07) is 4.96. The number of amides is 6. The summed E-state index contributed by atoms with van der Waals surface area (Å²) >= 11 is 0. The zero-order valence-electron chi connectivity index (χ0n) is 30.3. The molecule has 286 valence electrons. The highest BCUT2D eigenvalue weighted by Gasteiger charge is 2.58. The summed E-state index contributed by atoms with van der Waals surface area (Å²) in [5.41, 5.74) is -0.339. The van der Waals surface area contributed by atoms with Crippen molar-refractivity contribution < 1.29 is 47.1 Å². The van der Waals surface area contributed by atoms with Gasteiger partial charge in [-0.25, -0.2) is 13.6 Å². The third kappa shape index (κ3) is 10.5. The SMILES string of the molecule is CN(C)C(=O)C(NC(=O)CNC(=O)C(=O)CNC(=O)C1[C@H]2CC(F)(F)C[C@H]2CN1C(=O)C(NC(=O)OC(C)(C)C)C1CCCCC1)c1ccccc1. The Morgan fingerprint density at radius 1 is 0.923 bits per heavy atom. The summed E-state index contributed by atoms with van der Waals surface area (Å²) in [7, 11) is 3.04. The molecule has 4 N–H and O–H groups in total. The van der Waals surface area contributed by atoms with E-state index in [0.717, 1.165) is 19.3 Å². The van der Waals surface area contributed by atoms with E-state index in [4.69, 9.17) is 4.74 Å². The van der Waals surface area contributed by atoms with Gasteiger partial charge in [0, 0.05) is 33.5 Å². The molecule has 1 aromatic carbocycles. The molecule has 0 spiro atoms. The van der Waals surface area contributed by atoms with Crippen LogP contribution in [0.3, 0.4) is 0 Å². The van der Waals surface area contributed by atoms with Crippen molar-refractivity contribution in [3.05, 3.63) is 35.9 Å². The van der Waals surface area contributed by atoms with Crippen molar-refractivity contribution in [1.82, 2.24) is 31.1 Å². The second-order valence-corrected chi connectivity index (χ2v) is 15.1. The van der Waals surface area contributed by atoms with Crippen LogP contribution >= 0.6 is 0 Å². The Labute approximate surface area is 302 Å². The standard InChI is InChI=1S/C36H50F2N6O8/c1-35(2,3)52-34(51)42-28(22-14-10-7-11-15-22)33(50)44-20-23-16-36(37,38)17-24(23)29(44)31(48)39-18-25(45)30(47)40-19-26(46)41-27(32(49)43(4)5)21-12-8-6-9-13-21/h6,8-9,12-13,22-24,27-29H,7,10-11,14-20H2,1-5H3,(H,39,48)(H,40,47)(H,41,46)(H,42,51)/t23-,24-,27?,28?,29?/m0/s1. The van der Waals surface area contributed by atoms with Crippen molar-refractivity contribution >= 4 is 41.4 Å². The van der Waals surface area contributed by atoms with Gasteiger partial charge in [0.1, 0.15) is 23.7 Å². The van der Waals surface area contributed by atoms with Crippen LogP contribution in [0, 0.1) is 17.8 Å². The number of hydrogen-bond acceptors (Lipinski definition) is 8. The van der Waals surface area contributed by atoms with Gasteiger partial charge in [-0.2, -0.15) is 0 Å². The summed E-state index contributed by atoms with van der Waals surface area (Å²) in [5, 5.41) is 9.73. The van der Waals surface area contributed by atoms with Crippen LogP contribution in [0.25, 0.3) is 0 Å². The third-order valence-corrected chi connectivity index (χ3v) is 9.70. The average Bonchev–Trinajstić information content (AvgIpc) is 3.58. The van der Waals surface area contributed by atoms with E-state index in [1.54, 1.807) is 51.1 Å². The maximum Gasteiger partial charge on any atom is 0.408 e. The van der Waals surface area contributed by atoms with E-state index in [2.05, 4.69) is 21.3 Å². The molecule has 1 heterocycles. The average molecular weight is 733 g/mol. The quantitative estimate of drug-likeness (QED) is 0.236. The van der Waals surface area contributed by atoms with Gasteiger partial charge in [-0.15, -0.1) is 0 Å². The number of carbonyl (C=O) groups excluding carboxylic acids is 7. The number of benzene rings is 1. The first-order valence-electron chi connectivity index (χ1n) is 17.7. The van der Waals surface area contributed by atoms with Crippen LogP contribution in [0.5, 0.6) is 0 Å².